The molecule has 0 bridgehead atoms. The van der Waals surface area contributed by atoms with Gasteiger partial charge < -0.3 is 5.11 Å². The number of ketones is 2. The van der Waals surface area contributed by atoms with Crippen LogP contribution in [0.1, 0.15) is 61.7 Å². The summed E-state index contributed by atoms with van der Waals surface area (Å²) in [6.07, 6.45) is 7.46. The Bertz CT molecular complexity index is 773. The number of unbranched alkanes of at least 4 members (excludes halogenated alkanes) is 3. The third-order valence-corrected chi connectivity index (χ3v) is 5.11. The van der Waals surface area contributed by atoms with E-state index >= 15 is 0 Å². The van der Waals surface area contributed by atoms with Gasteiger partial charge in [0.05, 0.1) is 5.56 Å². The van der Waals surface area contributed by atoms with E-state index in [4.69, 9.17) is 5.11 Å². The third-order valence-electron chi connectivity index (χ3n) is 5.11. The van der Waals surface area contributed by atoms with Gasteiger partial charge >= 0.3 is 5.97 Å². The maximum absolute atomic E-state index is 13.7. The number of hydrogen-bond acceptors (Lipinski definition) is 3. The molecule has 1 fully saturated rings. The lowest BCUT2D eigenvalue weighted by molar-refractivity contribution is -0.137. The van der Waals surface area contributed by atoms with Gasteiger partial charge in [-0.15, -0.1) is 0 Å². The Morgan fingerprint density at radius 1 is 1.07 bits per heavy atom. The summed E-state index contributed by atoms with van der Waals surface area (Å²) in [5, 5.41) is 8.60. The van der Waals surface area contributed by atoms with E-state index in [1.54, 1.807) is 6.08 Å². The predicted molar refractivity (Wildman–Crippen MR) is 96.3 cm³/mol. The van der Waals surface area contributed by atoms with Crippen molar-refractivity contribution in [3.8, 4) is 0 Å². The molecule has 1 saturated carbocycles. The molecule has 152 valence electrons. The first kappa shape index (κ1) is 21.9. The molecule has 2 rings (SSSR count). The molecule has 2 unspecified atom stereocenters. The van der Waals surface area contributed by atoms with Crippen LogP contribution in [0.25, 0.3) is 0 Å². The van der Waals surface area contributed by atoms with Crippen LogP contribution in [-0.2, 0) is 9.59 Å². The van der Waals surface area contributed by atoms with Crippen molar-refractivity contribution in [2.75, 3.05) is 0 Å². The highest BCUT2D eigenvalue weighted by Gasteiger charge is 2.32. The molecule has 7 heteroatoms. The summed E-state index contributed by atoms with van der Waals surface area (Å²) in [7, 11) is 0. The van der Waals surface area contributed by atoms with Crippen molar-refractivity contribution in [1.29, 1.82) is 0 Å². The van der Waals surface area contributed by atoms with Crippen LogP contribution in [0.15, 0.2) is 24.3 Å². The smallest absolute Gasteiger partial charge is 0.303 e. The van der Waals surface area contributed by atoms with Gasteiger partial charge in [-0.05, 0) is 43.4 Å². The lowest BCUT2D eigenvalue weighted by atomic mass is 9.89. The zero-order chi connectivity index (χ0) is 20.7. The number of carboxylic acid groups (broad SMARTS) is 1. The number of rotatable bonds is 10. The molecular weight excluding hydrogens is 373 g/mol. The molecule has 0 aliphatic heterocycles. The van der Waals surface area contributed by atoms with Crippen molar-refractivity contribution < 1.29 is 32.7 Å². The number of benzene rings is 1. The summed E-state index contributed by atoms with van der Waals surface area (Å²) in [6.45, 7) is 0. The fraction of sp³-hybridized carbons (Fsp3) is 0.476. The molecule has 1 aliphatic carbocycles. The first-order chi connectivity index (χ1) is 13.3. The minimum absolute atomic E-state index is 0.117. The van der Waals surface area contributed by atoms with Crippen molar-refractivity contribution in [2.24, 2.45) is 11.8 Å². The molecule has 0 amide bonds. The summed E-state index contributed by atoms with van der Waals surface area (Å²) < 4.78 is 40.0. The minimum atomic E-state index is -1.68. The van der Waals surface area contributed by atoms with Gasteiger partial charge in [0.1, 0.15) is 5.78 Å². The van der Waals surface area contributed by atoms with Gasteiger partial charge in [-0.25, -0.2) is 13.2 Å². The van der Waals surface area contributed by atoms with Gasteiger partial charge in [-0.2, -0.15) is 0 Å². The van der Waals surface area contributed by atoms with Crippen molar-refractivity contribution in [1.82, 2.24) is 0 Å². The van der Waals surface area contributed by atoms with Crippen molar-refractivity contribution in [2.45, 2.75) is 51.4 Å². The quantitative estimate of drug-likeness (QED) is 0.265. The Morgan fingerprint density at radius 3 is 2.50 bits per heavy atom. The minimum Gasteiger partial charge on any atom is -0.481 e. The van der Waals surface area contributed by atoms with Gasteiger partial charge in [0.15, 0.2) is 23.2 Å². The second-order valence-corrected chi connectivity index (χ2v) is 7.07. The SMILES string of the molecule is O=C(O)CCCCCCC1C(=O)CCC1/C=C/C(=O)c1ccc(F)c(F)c1F. The summed E-state index contributed by atoms with van der Waals surface area (Å²) in [5.41, 5.74) is -0.547. The van der Waals surface area contributed by atoms with Crippen LogP contribution in [0.3, 0.4) is 0 Å². The molecule has 1 N–H and O–H groups in total. The molecule has 1 aromatic carbocycles. The molecule has 28 heavy (non-hydrogen) atoms. The normalized spacial score (nSPS) is 19.5. The van der Waals surface area contributed by atoms with Gasteiger partial charge in [0, 0.05) is 18.8 Å². The van der Waals surface area contributed by atoms with Gasteiger partial charge in [-0.1, -0.05) is 25.3 Å². The van der Waals surface area contributed by atoms with Gasteiger partial charge in [-0.3, -0.25) is 14.4 Å². The number of carbonyl (C=O) groups excluding carboxylic acids is 2. The zero-order valence-corrected chi connectivity index (χ0v) is 15.4. The van der Waals surface area contributed by atoms with Gasteiger partial charge in [0.2, 0.25) is 0 Å². The standard InChI is InChI=1S/C21H23F3O4/c22-16-10-9-15(20(23)21(16)24)18(26)12-8-13-7-11-17(25)14(13)5-3-1-2-4-6-19(27)28/h8-10,12-14H,1-7,11H2,(H,27,28)/b12-8+. The van der Waals surface area contributed by atoms with E-state index in [1.807, 2.05) is 0 Å². The largest absolute Gasteiger partial charge is 0.481 e. The first-order valence-corrected chi connectivity index (χ1v) is 9.41. The van der Waals surface area contributed by atoms with E-state index in [0.29, 0.717) is 31.7 Å². The Labute approximate surface area is 161 Å². The fourth-order valence-electron chi connectivity index (χ4n) is 3.55. The van der Waals surface area contributed by atoms with Crippen LogP contribution >= 0.6 is 0 Å². The maximum Gasteiger partial charge on any atom is 0.303 e. The fourth-order valence-corrected chi connectivity index (χ4v) is 3.55. The summed E-state index contributed by atoms with van der Waals surface area (Å²) in [5.74, 6) is -6.41. The molecule has 4 nitrogen and oxygen atoms in total. The number of halogens is 3. The molecule has 0 saturated heterocycles. The highest BCUT2D eigenvalue weighted by Crippen LogP contribution is 2.34. The highest BCUT2D eigenvalue weighted by molar-refractivity contribution is 6.04. The third kappa shape index (κ3) is 5.78. The van der Waals surface area contributed by atoms with Crippen LogP contribution in [-0.4, -0.2) is 22.6 Å². The Kier molecular flexibility index (Phi) is 7.96. The topological polar surface area (TPSA) is 71.4 Å². The molecule has 0 spiro atoms. The Hall–Kier alpha value is -2.44. The average molecular weight is 396 g/mol. The summed E-state index contributed by atoms with van der Waals surface area (Å²) >= 11 is 0. The average Bonchev–Trinajstić information content (AvgIpc) is 3.00. The molecular formula is C21H23F3O4. The highest BCUT2D eigenvalue weighted by atomic mass is 19.2. The van der Waals surface area contributed by atoms with E-state index in [-0.39, 0.29) is 24.0 Å². The Balaban J connectivity index is 1.91. The molecule has 0 radical (unpaired) electrons. The van der Waals surface area contributed by atoms with E-state index in [0.717, 1.165) is 31.4 Å². The van der Waals surface area contributed by atoms with E-state index < -0.39 is 34.8 Å². The number of carboxylic acids is 1. The summed E-state index contributed by atoms with van der Waals surface area (Å²) in [4.78, 5) is 34.7. The van der Waals surface area contributed by atoms with E-state index in [9.17, 15) is 27.6 Å². The maximum atomic E-state index is 13.7. The van der Waals surface area contributed by atoms with Crippen LogP contribution in [0.5, 0.6) is 0 Å². The van der Waals surface area contributed by atoms with Crippen LogP contribution in [0.4, 0.5) is 13.2 Å². The van der Waals surface area contributed by atoms with Crippen molar-refractivity contribution in [3.05, 3.63) is 47.3 Å². The molecule has 1 aromatic rings. The second kappa shape index (κ2) is 10.2. The lowest BCUT2D eigenvalue weighted by Gasteiger charge is -2.14. The number of carbonyl (C=O) groups is 3. The number of allylic oxidation sites excluding steroid dienone is 2. The van der Waals surface area contributed by atoms with Crippen molar-refractivity contribution in [3.63, 3.8) is 0 Å². The lowest BCUT2D eigenvalue weighted by Crippen LogP contribution is -2.13. The Morgan fingerprint density at radius 2 is 1.79 bits per heavy atom. The monoisotopic (exact) mass is 396 g/mol. The van der Waals surface area contributed by atoms with Crippen LogP contribution in [0.2, 0.25) is 0 Å². The van der Waals surface area contributed by atoms with Crippen LogP contribution < -0.4 is 0 Å². The number of aliphatic carboxylic acids is 1. The van der Waals surface area contributed by atoms with E-state index in [2.05, 4.69) is 0 Å². The van der Waals surface area contributed by atoms with Crippen molar-refractivity contribution >= 4 is 17.5 Å². The molecule has 0 heterocycles. The number of Topliss-reactive ketones (excluding diaryl/α,β-unsaturated/α-hetero) is 1. The number of hydrogen-bond donors (Lipinski definition) is 1. The zero-order valence-electron chi connectivity index (χ0n) is 15.4. The molecule has 0 aromatic heterocycles. The first-order valence-electron chi connectivity index (χ1n) is 9.41. The van der Waals surface area contributed by atoms with Gasteiger partial charge in [0.25, 0.3) is 0 Å². The second-order valence-electron chi connectivity index (χ2n) is 7.07. The molecule has 1 aliphatic rings. The molecule has 2 atom stereocenters. The predicted octanol–water partition coefficient (Wildman–Crippen LogP) is 4.86. The van der Waals surface area contributed by atoms with Crippen LogP contribution in [0, 0.1) is 29.3 Å². The van der Waals surface area contributed by atoms with E-state index in [1.165, 1.54) is 0 Å². The summed E-state index contributed by atoms with van der Waals surface area (Å²) in [6, 6.07) is 1.60.